The van der Waals surface area contributed by atoms with Gasteiger partial charge in [0.05, 0.1) is 0 Å². The molecule has 3 nitrogen and oxygen atoms in total. The molecule has 0 saturated heterocycles. The molecule has 4 heteroatoms. The molecule has 0 fully saturated rings. The predicted molar refractivity (Wildman–Crippen MR) is 63.2 cm³/mol. The summed E-state index contributed by atoms with van der Waals surface area (Å²) in [4.78, 5) is 0. The Morgan fingerprint density at radius 1 is 1.33 bits per heavy atom. The first-order chi connectivity index (χ1) is 6.86. The van der Waals surface area contributed by atoms with Crippen LogP contribution in [0.5, 0.6) is 0 Å². The molecule has 86 valence electrons. The van der Waals surface area contributed by atoms with Gasteiger partial charge in [0.2, 0.25) is 5.28 Å². The van der Waals surface area contributed by atoms with Crippen molar-refractivity contribution in [1.29, 1.82) is 0 Å². The molecule has 15 heavy (non-hydrogen) atoms. The van der Waals surface area contributed by atoms with Gasteiger partial charge in [-0.15, -0.1) is 10.2 Å². The number of hydrogen-bond acceptors (Lipinski definition) is 2. The van der Waals surface area contributed by atoms with Crippen molar-refractivity contribution in [3.8, 4) is 0 Å². The quantitative estimate of drug-likeness (QED) is 0.797. The summed E-state index contributed by atoms with van der Waals surface area (Å²) in [6, 6.07) is 0. The fraction of sp³-hybridized carbons (Fsp3) is 0.818. The Balaban J connectivity index is 3.00. The lowest BCUT2D eigenvalue weighted by atomic mass is 9.95. The Kier molecular flexibility index (Phi) is 3.77. The first-order valence-electron chi connectivity index (χ1n) is 5.45. The molecule has 0 aliphatic rings. The second-order valence-electron chi connectivity index (χ2n) is 5.17. The molecule has 0 spiro atoms. The third-order valence-corrected chi connectivity index (χ3v) is 2.85. The standard InChI is InChI=1S/C11H20ClN3/c1-6-8(2)7-15-9(11(3,4)5)13-14-10(15)12/h8H,6-7H2,1-5H3. The average Bonchev–Trinajstić information content (AvgIpc) is 2.47. The van der Waals surface area contributed by atoms with Crippen LogP contribution in [0.1, 0.15) is 46.9 Å². The van der Waals surface area contributed by atoms with Crippen LogP contribution in [0, 0.1) is 5.92 Å². The molecule has 1 atom stereocenters. The fourth-order valence-corrected chi connectivity index (χ4v) is 1.63. The minimum Gasteiger partial charge on any atom is -0.301 e. The first-order valence-corrected chi connectivity index (χ1v) is 5.83. The summed E-state index contributed by atoms with van der Waals surface area (Å²) >= 11 is 6.04. The average molecular weight is 230 g/mol. The van der Waals surface area contributed by atoms with Crippen LogP contribution in [0.2, 0.25) is 5.28 Å². The van der Waals surface area contributed by atoms with E-state index in [0.717, 1.165) is 18.8 Å². The molecule has 0 radical (unpaired) electrons. The number of aromatic nitrogens is 3. The highest BCUT2D eigenvalue weighted by Gasteiger charge is 2.23. The van der Waals surface area contributed by atoms with Crippen LogP contribution in [0.25, 0.3) is 0 Å². The topological polar surface area (TPSA) is 30.7 Å². The zero-order valence-corrected chi connectivity index (χ0v) is 11.0. The molecule has 1 heterocycles. The van der Waals surface area contributed by atoms with Crippen molar-refractivity contribution in [2.75, 3.05) is 0 Å². The third kappa shape index (κ3) is 2.94. The molecule has 0 saturated carbocycles. The van der Waals surface area contributed by atoms with E-state index in [2.05, 4.69) is 44.8 Å². The van der Waals surface area contributed by atoms with E-state index in [1.165, 1.54) is 0 Å². The lowest BCUT2D eigenvalue weighted by Crippen LogP contribution is -2.21. The molecule has 1 aromatic rings. The van der Waals surface area contributed by atoms with Crippen molar-refractivity contribution >= 4 is 11.6 Å². The molecule has 1 unspecified atom stereocenters. The molecular formula is C11H20ClN3. The van der Waals surface area contributed by atoms with Crippen LogP contribution in [-0.2, 0) is 12.0 Å². The van der Waals surface area contributed by atoms with Gasteiger partial charge in [0.25, 0.3) is 0 Å². The van der Waals surface area contributed by atoms with Crippen LogP contribution in [0.15, 0.2) is 0 Å². The van der Waals surface area contributed by atoms with Crippen molar-refractivity contribution in [1.82, 2.24) is 14.8 Å². The van der Waals surface area contributed by atoms with Crippen molar-refractivity contribution in [3.63, 3.8) is 0 Å². The second-order valence-corrected chi connectivity index (χ2v) is 5.50. The Bertz CT molecular complexity index is 325. The summed E-state index contributed by atoms with van der Waals surface area (Å²) in [6.45, 7) is 11.7. The lowest BCUT2D eigenvalue weighted by Gasteiger charge is -2.20. The minimum atomic E-state index is -0.00635. The predicted octanol–water partition coefficient (Wildman–Crippen LogP) is 3.28. The van der Waals surface area contributed by atoms with E-state index in [4.69, 9.17) is 11.6 Å². The molecule has 0 aliphatic heterocycles. The van der Waals surface area contributed by atoms with Gasteiger partial charge in [0, 0.05) is 12.0 Å². The molecule has 1 aromatic heterocycles. The van der Waals surface area contributed by atoms with Gasteiger partial charge in [0.1, 0.15) is 5.82 Å². The van der Waals surface area contributed by atoms with E-state index >= 15 is 0 Å². The highest BCUT2D eigenvalue weighted by molar-refractivity contribution is 6.28. The van der Waals surface area contributed by atoms with Gasteiger partial charge >= 0.3 is 0 Å². The van der Waals surface area contributed by atoms with Crippen molar-refractivity contribution in [3.05, 3.63) is 11.1 Å². The maximum atomic E-state index is 6.04. The number of rotatable bonds is 3. The van der Waals surface area contributed by atoms with Gasteiger partial charge < -0.3 is 4.57 Å². The molecule has 0 N–H and O–H groups in total. The second kappa shape index (κ2) is 4.52. The van der Waals surface area contributed by atoms with Crippen LogP contribution in [-0.4, -0.2) is 14.8 Å². The highest BCUT2D eigenvalue weighted by Crippen LogP contribution is 2.24. The van der Waals surface area contributed by atoms with E-state index in [1.54, 1.807) is 0 Å². The Morgan fingerprint density at radius 2 is 1.93 bits per heavy atom. The number of nitrogens with zero attached hydrogens (tertiary/aromatic N) is 3. The van der Waals surface area contributed by atoms with Gasteiger partial charge in [-0.3, -0.25) is 0 Å². The van der Waals surface area contributed by atoms with Crippen LogP contribution in [0.3, 0.4) is 0 Å². The summed E-state index contributed by atoms with van der Waals surface area (Å²) in [7, 11) is 0. The van der Waals surface area contributed by atoms with E-state index < -0.39 is 0 Å². The summed E-state index contributed by atoms with van der Waals surface area (Å²) in [5, 5.41) is 8.60. The summed E-state index contributed by atoms with van der Waals surface area (Å²) < 4.78 is 2.02. The molecule has 1 rings (SSSR count). The lowest BCUT2D eigenvalue weighted by molar-refractivity contribution is 0.424. The van der Waals surface area contributed by atoms with Crippen LogP contribution in [0.4, 0.5) is 0 Å². The third-order valence-electron chi connectivity index (χ3n) is 2.57. The smallest absolute Gasteiger partial charge is 0.225 e. The Labute approximate surface area is 96.8 Å². The van der Waals surface area contributed by atoms with Crippen molar-refractivity contribution < 1.29 is 0 Å². The Morgan fingerprint density at radius 3 is 2.40 bits per heavy atom. The summed E-state index contributed by atoms with van der Waals surface area (Å²) in [6.07, 6.45) is 1.14. The SMILES string of the molecule is CCC(C)Cn1c(Cl)nnc1C(C)(C)C. The van der Waals surface area contributed by atoms with Gasteiger partial charge in [0.15, 0.2) is 0 Å². The molecule has 0 amide bonds. The van der Waals surface area contributed by atoms with E-state index in [9.17, 15) is 0 Å². The zero-order chi connectivity index (χ0) is 11.6. The highest BCUT2D eigenvalue weighted by atomic mass is 35.5. The van der Waals surface area contributed by atoms with Crippen molar-refractivity contribution in [2.45, 2.75) is 53.0 Å². The Hall–Kier alpha value is -0.570. The van der Waals surface area contributed by atoms with Crippen molar-refractivity contribution in [2.24, 2.45) is 5.92 Å². The number of halogens is 1. The van der Waals surface area contributed by atoms with E-state index in [1.807, 2.05) is 4.57 Å². The van der Waals surface area contributed by atoms with Crippen LogP contribution >= 0.6 is 11.6 Å². The van der Waals surface area contributed by atoms with Gasteiger partial charge in [-0.25, -0.2) is 0 Å². The normalized spacial score (nSPS) is 14.3. The fourth-order valence-electron chi connectivity index (χ4n) is 1.44. The summed E-state index contributed by atoms with van der Waals surface area (Å²) in [5.41, 5.74) is -0.00635. The minimum absolute atomic E-state index is 0.00635. The molecule has 0 aliphatic carbocycles. The maximum absolute atomic E-state index is 6.04. The van der Waals surface area contributed by atoms with Gasteiger partial charge in [-0.1, -0.05) is 41.0 Å². The number of hydrogen-bond donors (Lipinski definition) is 0. The van der Waals surface area contributed by atoms with E-state index in [-0.39, 0.29) is 5.41 Å². The molecule has 0 bridgehead atoms. The maximum Gasteiger partial charge on any atom is 0.225 e. The van der Waals surface area contributed by atoms with Gasteiger partial charge in [-0.05, 0) is 17.5 Å². The molecular weight excluding hydrogens is 210 g/mol. The zero-order valence-electron chi connectivity index (χ0n) is 10.2. The first kappa shape index (κ1) is 12.5. The van der Waals surface area contributed by atoms with Gasteiger partial charge in [-0.2, -0.15) is 0 Å². The monoisotopic (exact) mass is 229 g/mol. The molecule has 0 aromatic carbocycles. The van der Waals surface area contributed by atoms with Crippen LogP contribution < -0.4 is 0 Å². The largest absolute Gasteiger partial charge is 0.301 e. The summed E-state index contributed by atoms with van der Waals surface area (Å²) in [5.74, 6) is 1.56. The van der Waals surface area contributed by atoms with E-state index in [0.29, 0.717) is 11.2 Å².